The Morgan fingerprint density at radius 3 is 2.96 bits per heavy atom. The number of hydrogen-bond acceptors (Lipinski definition) is 4. The van der Waals surface area contributed by atoms with Crippen molar-refractivity contribution >= 4 is 11.6 Å². The minimum atomic E-state index is -0.0298. The molecule has 1 aromatic carbocycles. The predicted molar refractivity (Wildman–Crippen MR) is 95.6 cm³/mol. The van der Waals surface area contributed by atoms with E-state index in [0.717, 1.165) is 41.2 Å². The van der Waals surface area contributed by atoms with Gasteiger partial charge in [-0.05, 0) is 24.6 Å². The molecule has 0 unspecified atom stereocenters. The van der Waals surface area contributed by atoms with Crippen LogP contribution in [0.15, 0.2) is 30.6 Å². The van der Waals surface area contributed by atoms with Crippen molar-refractivity contribution in [3.63, 3.8) is 0 Å². The molecule has 0 saturated heterocycles. The molecule has 6 nitrogen and oxygen atoms in total. The third kappa shape index (κ3) is 2.81. The van der Waals surface area contributed by atoms with Crippen LogP contribution in [-0.2, 0) is 20.0 Å². The highest BCUT2D eigenvalue weighted by Crippen LogP contribution is 2.36. The number of fused-ring (bicyclic) bond motifs is 1. The Labute approximate surface area is 151 Å². The Hall–Kier alpha value is -2.31. The number of hydrogen-bond donors (Lipinski definition) is 2. The zero-order valence-corrected chi connectivity index (χ0v) is 15.0. The summed E-state index contributed by atoms with van der Waals surface area (Å²) in [5.74, 6) is 0.260. The average Bonchev–Trinajstić information content (AvgIpc) is 3.15. The number of aromatic nitrogens is 4. The van der Waals surface area contributed by atoms with Gasteiger partial charge in [0.25, 0.3) is 0 Å². The van der Waals surface area contributed by atoms with Gasteiger partial charge in [-0.25, -0.2) is 4.98 Å². The van der Waals surface area contributed by atoms with Gasteiger partial charge in [0.2, 0.25) is 0 Å². The Morgan fingerprint density at radius 2 is 2.24 bits per heavy atom. The molecular formula is C18H20ClN5O. The van der Waals surface area contributed by atoms with E-state index in [9.17, 15) is 5.11 Å². The van der Waals surface area contributed by atoms with Crippen LogP contribution in [0.3, 0.4) is 0 Å². The smallest absolute Gasteiger partial charge is 0.131 e. The lowest BCUT2D eigenvalue weighted by Gasteiger charge is -2.35. The van der Waals surface area contributed by atoms with E-state index in [1.54, 1.807) is 23.1 Å². The van der Waals surface area contributed by atoms with Gasteiger partial charge < -0.3 is 10.1 Å². The largest absolute Gasteiger partial charge is 0.508 e. The number of aromatic hydroxyl groups is 1. The van der Waals surface area contributed by atoms with E-state index in [4.69, 9.17) is 11.6 Å². The van der Waals surface area contributed by atoms with E-state index in [1.807, 2.05) is 26.1 Å². The fourth-order valence-corrected chi connectivity index (χ4v) is 3.85. The molecule has 0 bridgehead atoms. The lowest BCUT2D eigenvalue weighted by Crippen LogP contribution is -2.36. The van der Waals surface area contributed by atoms with Crippen molar-refractivity contribution in [3.05, 3.63) is 64.0 Å². The first-order chi connectivity index (χ1) is 12.0. The van der Waals surface area contributed by atoms with E-state index in [-0.39, 0.29) is 11.8 Å². The summed E-state index contributed by atoms with van der Waals surface area (Å²) in [5, 5.41) is 15.0. The Balaban J connectivity index is 1.76. The van der Waals surface area contributed by atoms with Gasteiger partial charge in [0.1, 0.15) is 10.9 Å². The summed E-state index contributed by atoms with van der Waals surface area (Å²) in [6.07, 6.45) is 2.65. The molecule has 0 fully saturated rings. The second-order valence-electron chi connectivity index (χ2n) is 6.46. The summed E-state index contributed by atoms with van der Waals surface area (Å²) in [6, 6.07) is 7.35. The van der Waals surface area contributed by atoms with Crippen LogP contribution in [0.2, 0.25) is 5.15 Å². The van der Waals surface area contributed by atoms with Crippen LogP contribution in [0.4, 0.5) is 0 Å². The molecule has 2 N–H and O–H groups in total. The van der Waals surface area contributed by atoms with Crippen LogP contribution in [0.25, 0.3) is 0 Å². The van der Waals surface area contributed by atoms with Crippen molar-refractivity contribution < 1.29 is 5.11 Å². The Bertz CT molecular complexity index is 916. The molecule has 0 aliphatic carbocycles. The number of nitrogens with one attached hydrogen (secondary N) is 1. The molecule has 2 aromatic heterocycles. The van der Waals surface area contributed by atoms with Crippen molar-refractivity contribution in [3.8, 4) is 5.75 Å². The van der Waals surface area contributed by atoms with Crippen molar-refractivity contribution in [2.45, 2.75) is 25.9 Å². The summed E-state index contributed by atoms with van der Waals surface area (Å²) >= 11 is 6.44. The molecular weight excluding hydrogens is 338 g/mol. The lowest BCUT2D eigenvalue weighted by molar-refractivity contribution is 0.199. The van der Waals surface area contributed by atoms with E-state index < -0.39 is 0 Å². The van der Waals surface area contributed by atoms with Crippen LogP contribution in [0.5, 0.6) is 5.75 Å². The number of imidazole rings is 1. The lowest BCUT2D eigenvalue weighted by atomic mass is 9.95. The monoisotopic (exact) mass is 357 g/mol. The Kier molecular flexibility index (Phi) is 4.01. The number of benzene rings is 1. The molecule has 130 valence electrons. The molecule has 0 saturated carbocycles. The fraction of sp³-hybridized carbons (Fsp3) is 0.333. The maximum atomic E-state index is 9.93. The normalized spacial score (nSPS) is 17.6. The van der Waals surface area contributed by atoms with Crippen molar-refractivity contribution in [2.24, 2.45) is 7.05 Å². The molecule has 25 heavy (non-hydrogen) atoms. The average molecular weight is 358 g/mol. The minimum Gasteiger partial charge on any atom is -0.508 e. The third-order valence-corrected chi connectivity index (χ3v) is 5.31. The quantitative estimate of drug-likeness (QED) is 0.756. The first kappa shape index (κ1) is 16.2. The van der Waals surface area contributed by atoms with Gasteiger partial charge in [-0.2, -0.15) is 5.10 Å². The molecule has 3 heterocycles. The van der Waals surface area contributed by atoms with E-state index in [2.05, 4.69) is 20.0 Å². The molecule has 0 amide bonds. The van der Waals surface area contributed by atoms with E-state index in [1.165, 1.54) is 0 Å². The van der Waals surface area contributed by atoms with Crippen LogP contribution >= 0.6 is 11.6 Å². The number of phenols is 1. The number of aromatic amines is 1. The first-order valence-electron chi connectivity index (χ1n) is 8.27. The second-order valence-corrected chi connectivity index (χ2v) is 6.82. The van der Waals surface area contributed by atoms with Crippen LogP contribution in [0.1, 0.15) is 34.3 Å². The molecule has 7 heteroatoms. The SMILES string of the molecule is Cc1nn(C)c(Cl)c1CN1CCc2[nH]cnc2[C@H]1c1cccc(O)c1. The van der Waals surface area contributed by atoms with Crippen molar-refractivity contribution in [1.29, 1.82) is 0 Å². The van der Waals surface area contributed by atoms with Gasteiger partial charge >= 0.3 is 0 Å². The van der Waals surface area contributed by atoms with Gasteiger partial charge in [0, 0.05) is 37.8 Å². The topological polar surface area (TPSA) is 70.0 Å². The molecule has 1 atom stereocenters. The number of nitrogens with zero attached hydrogens (tertiary/aromatic N) is 4. The summed E-state index contributed by atoms with van der Waals surface area (Å²) in [5.41, 5.74) is 5.15. The van der Waals surface area contributed by atoms with Crippen LogP contribution < -0.4 is 0 Å². The number of aryl methyl sites for hydroxylation is 2. The molecule has 1 aliphatic heterocycles. The predicted octanol–water partition coefficient (Wildman–Crippen LogP) is 2.96. The number of rotatable bonds is 3. The number of H-pyrrole nitrogens is 1. The van der Waals surface area contributed by atoms with Gasteiger partial charge in [-0.3, -0.25) is 9.58 Å². The van der Waals surface area contributed by atoms with Crippen molar-refractivity contribution in [2.75, 3.05) is 6.54 Å². The number of halogens is 1. The minimum absolute atomic E-state index is 0.0298. The van der Waals surface area contributed by atoms with Crippen LogP contribution in [0, 0.1) is 6.92 Å². The van der Waals surface area contributed by atoms with E-state index >= 15 is 0 Å². The van der Waals surface area contributed by atoms with Gasteiger partial charge in [0.15, 0.2) is 0 Å². The number of phenolic OH excluding ortho intramolecular Hbond substituents is 1. The van der Waals surface area contributed by atoms with Gasteiger partial charge in [-0.1, -0.05) is 23.7 Å². The summed E-state index contributed by atoms with van der Waals surface area (Å²) in [4.78, 5) is 10.1. The summed E-state index contributed by atoms with van der Waals surface area (Å²) in [7, 11) is 1.85. The molecule has 3 aromatic rings. The molecule has 0 spiro atoms. The zero-order chi connectivity index (χ0) is 17.6. The van der Waals surface area contributed by atoms with Crippen LogP contribution in [-0.4, -0.2) is 36.3 Å². The highest BCUT2D eigenvalue weighted by molar-refractivity contribution is 6.30. The first-order valence-corrected chi connectivity index (χ1v) is 8.65. The van der Waals surface area contributed by atoms with E-state index in [0.29, 0.717) is 11.7 Å². The highest BCUT2D eigenvalue weighted by Gasteiger charge is 2.32. The third-order valence-electron chi connectivity index (χ3n) is 4.84. The molecule has 0 radical (unpaired) electrons. The second kappa shape index (κ2) is 6.20. The zero-order valence-electron chi connectivity index (χ0n) is 14.2. The fourth-order valence-electron chi connectivity index (χ4n) is 3.62. The molecule has 1 aliphatic rings. The summed E-state index contributed by atoms with van der Waals surface area (Å²) < 4.78 is 1.71. The standard InChI is InChI=1S/C18H20ClN5O/c1-11-14(18(19)23(2)22-11)9-24-7-6-15-16(21-10-20-15)17(24)12-4-3-5-13(25)8-12/h3-5,8,10,17,25H,6-7,9H2,1-2H3,(H,20,21)/t17-/m1/s1. The van der Waals surface area contributed by atoms with Crippen molar-refractivity contribution in [1.82, 2.24) is 24.6 Å². The highest BCUT2D eigenvalue weighted by atomic mass is 35.5. The maximum Gasteiger partial charge on any atom is 0.131 e. The Morgan fingerprint density at radius 1 is 1.40 bits per heavy atom. The maximum absolute atomic E-state index is 9.93. The molecule has 4 rings (SSSR count). The van der Waals surface area contributed by atoms with Gasteiger partial charge in [-0.15, -0.1) is 0 Å². The summed E-state index contributed by atoms with van der Waals surface area (Å²) in [6.45, 7) is 3.54. The van der Waals surface area contributed by atoms with Gasteiger partial charge in [0.05, 0.1) is 23.8 Å².